The van der Waals surface area contributed by atoms with Crippen LogP contribution in [0.15, 0.2) is 4.99 Å². The van der Waals surface area contributed by atoms with Crippen molar-refractivity contribution in [1.29, 1.82) is 0 Å². The number of hydrogen-bond donors (Lipinski definition) is 0. The molecule has 0 unspecified atom stereocenters. The second kappa shape index (κ2) is 19.7. The Morgan fingerprint density at radius 2 is 0.857 bits per heavy atom. The average molecular weight is 296 g/mol. The molecule has 0 rings (SSSR count). The molecule has 126 valence electrons. The summed E-state index contributed by atoms with van der Waals surface area (Å²) in [5.74, 6) is 0. The molecular formula is C20H41N. The normalized spacial score (nSPS) is 11.5. The van der Waals surface area contributed by atoms with Gasteiger partial charge in [0, 0.05) is 6.54 Å². The molecule has 0 atom stereocenters. The van der Waals surface area contributed by atoms with E-state index < -0.39 is 0 Å². The largest absolute Gasteiger partial charge is 0.298 e. The maximum atomic E-state index is 4.25. The number of nitrogens with zero attached hydrogens (tertiary/aromatic N) is 1. The van der Waals surface area contributed by atoms with Crippen molar-refractivity contribution in [2.45, 2.75) is 117 Å². The van der Waals surface area contributed by atoms with E-state index in [2.05, 4.69) is 11.9 Å². The van der Waals surface area contributed by atoms with E-state index in [1.807, 2.05) is 13.1 Å². The first-order valence-electron chi connectivity index (χ1n) is 9.86. The van der Waals surface area contributed by atoms with Crippen molar-refractivity contribution < 1.29 is 0 Å². The Balaban J connectivity index is 2.93. The minimum atomic E-state index is 1.04. The Morgan fingerprint density at radius 1 is 0.524 bits per heavy atom. The minimum Gasteiger partial charge on any atom is -0.298 e. The van der Waals surface area contributed by atoms with Crippen LogP contribution in [-0.4, -0.2) is 12.8 Å². The van der Waals surface area contributed by atoms with Gasteiger partial charge in [-0.3, -0.25) is 4.99 Å². The molecule has 0 saturated heterocycles. The smallest absolute Gasteiger partial charge is 0.0385 e. The maximum absolute atomic E-state index is 4.25. The fraction of sp³-hybridized carbons (Fsp3) is 0.950. The first-order chi connectivity index (χ1) is 10.4. The lowest BCUT2D eigenvalue weighted by molar-refractivity contribution is 0.530. The number of rotatable bonds is 17. The summed E-state index contributed by atoms with van der Waals surface area (Å²) in [6.45, 7) is 5.34. The van der Waals surface area contributed by atoms with Crippen molar-refractivity contribution in [3.05, 3.63) is 0 Å². The van der Waals surface area contributed by atoms with Gasteiger partial charge in [0.15, 0.2) is 0 Å². The monoisotopic (exact) mass is 295 g/mol. The van der Waals surface area contributed by atoms with E-state index in [9.17, 15) is 0 Å². The molecule has 0 aromatic carbocycles. The molecule has 21 heavy (non-hydrogen) atoms. The molecule has 1 heteroatoms. The summed E-state index contributed by atoms with van der Waals surface area (Å²) < 4.78 is 0. The van der Waals surface area contributed by atoms with E-state index in [0.717, 1.165) is 6.54 Å². The topological polar surface area (TPSA) is 12.4 Å². The molecule has 1 nitrogen and oxygen atoms in total. The van der Waals surface area contributed by atoms with Gasteiger partial charge in [0.05, 0.1) is 0 Å². The lowest BCUT2D eigenvalue weighted by Crippen LogP contribution is -1.85. The van der Waals surface area contributed by atoms with Crippen LogP contribution in [0.25, 0.3) is 0 Å². The molecule has 0 bridgehead atoms. The molecular weight excluding hydrogens is 254 g/mol. The standard InChI is InChI=1S/C20H41N/c1-3-5-6-7-8-9-10-11-12-13-14-15-16-17-18-19-20-21-4-2/h4H,3,5-20H2,1-2H3. The van der Waals surface area contributed by atoms with Gasteiger partial charge in [0.25, 0.3) is 0 Å². The zero-order valence-electron chi connectivity index (χ0n) is 15.0. The molecule has 0 spiro atoms. The molecule has 0 heterocycles. The van der Waals surface area contributed by atoms with E-state index in [4.69, 9.17) is 0 Å². The van der Waals surface area contributed by atoms with E-state index in [-0.39, 0.29) is 0 Å². The maximum Gasteiger partial charge on any atom is 0.0385 e. The lowest BCUT2D eigenvalue weighted by Gasteiger charge is -2.03. The Kier molecular flexibility index (Phi) is 19.4. The molecule has 0 N–H and O–H groups in total. The van der Waals surface area contributed by atoms with Gasteiger partial charge in [-0.1, -0.05) is 103 Å². The molecule has 0 fully saturated rings. The Morgan fingerprint density at radius 3 is 1.19 bits per heavy atom. The van der Waals surface area contributed by atoms with Gasteiger partial charge in [-0.05, 0) is 19.6 Å². The highest BCUT2D eigenvalue weighted by molar-refractivity contribution is 5.53. The summed E-state index contributed by atoms with van der Waals surface area (Å²) in [5, 5.41) is 0. The van der Waals surface area contributed by atoms with Crippen LogP contribution in [0.2, 0.25) is 0 Å². The van der Waals surface area contributed by atoms with Crippen LogP contribution < -0.4 is 0 Å². The van der Waals surface area contributed by atoms with Crippen molar-refractivity contribution >= 4 is 6.21 Å². The molecule has 0 aliphatic heterocycles. The van der Waals surface area contributed by atoms with Gasteiger partial charge in [-0.15, -0.1) is 0 Å². The minimum absolute atomic E-state index is 1.04. The van der Waals surface area contributed by atoms with Gasteiger partial charge in [0.1, 0.15) is 0 Å². The van der Waals surface area contributed by atoms with E-state index in [0.29, 0.717) is 0 Å². The number of aliphatic imine (C=N–C) groups is 1. The van der Waals surface area contributed by atoms with Crippen LogP contribution >= 0.6 is 0 Å². The summed E-state index contributed by atoms with van der Waals surface area (Å²) in [4.78, 5) is 4.25. The van der Waals surface area contributed by atoms with Crippen LogP contribution in [-0.2, 0) is 0 Å². The molecule has 0 saturated carbocycles. The first kappa shape index (κ1) is 20.7. The van der Waals surface area contributed by atoms with E-state index in [1.165, 1.54) is 103 Å². The van der Waals surface area contributed by atoms with Crippen molar-refractivity contribution in [2.24, 2.45) is 4.99 Å². The fourth-order valence-corrected chi connectivity index (χ4v) is 2.88. The molecule has 0 aromatic rings. The van der Waals surface area contributed by atoms with Crippen LogP contribution in [0, 0.1) is 0 Å². The van der Waals surface area contributed by atoms with Crippen LogP contribution in [0.4, 0.5) is 0 Å². The molecule has 0 amide bonds. The van der Waals surface area contributed by atoms with Crippen LogP contribution in [0.5, 0.6) is 0 Å². The zero-order chi connectivity index (χ0) is 15.4. The summed E-state index contributed by atoms with van der Waals surface area (Å²) in [7, 11) is 0. The summed E-state index contributed by atoms with van der Waals surface area (Å²) >= 11 is 0. The summed E-state index contributed by atoms with van der Waals surface area (Å²) in [6.07, 6.45) is 24.9. The second-order valence-corrected chi connectivity index (χ2v) is 6.47. The van der Waals surface area contributed by atoms with Crippen molar-refractivity contribution in [3.8, 4) is 0 Å². The third-order valence-corrected chi connectivity index (χ3v) is 4.32. The summed E-state index contributed by atoms with van der Waals surface area (Å²) in [6, 6.07) is 0. The highest BCUT2D eigenvalue weighted by atomic mass is 14.7. The van der Waals surface area contributed by atoms with E-state index >= 15 is 0 Å². The first-order valence-corrected chi connectivity index (χ1v) is 9.86. The Hall–Kier alpha value is -0.330. The molecule has 0 aromatic heterocycles. The van der Waals surface area contributed by atoms with Crippen molar-refractivity contribution in [3.63, 3.8) is 0 Å². The molecule has 0 aliphatic carbocycles. The van der Waals surface area contributed by atoms with Gasteiger partial charge in [0.2, 0.25) is 0 Å². The van der Waals surface area contributed by atoms with Gasteiger partial charge in [-0.2, -0.15) is 0 Å². The quantitative estimate of drug-likeness (QED) is 0.197. The van der Waals surface area contributed by atoms with Crippen molar-refractivity contribution in [2.75, 3.05) is 6.54 Å². The number of hydrogen-bond acceptors (Lipinski definition) is 1. The van der Waals surface area contributed by atoms with Crippen LogP contribution in [0.3, 0.4) is 0 Å². The fourth-order valence-electron chi connectivity index (χ4n) is 2.88. The van der Waals surface area contributed by atoms with Gasteiger partial charge >= 0.3 is 0 Å². The van der Waals surface area contributed by atoms with Gasteiger partial charge < -0.3 is 0 Å². The molecule has 0 radical (unpaired) electrons. The second-order valence-electron chi connectivity index (χ2n) is 6.47. The number of unbranched alkanes of at least 4 members (excludes halogenated alkanes) is 15. The SMILES string of the molecule is CC=NCCCCCCCCCCCCCCCCCC. The van der Waals surface area contributed by atoms with Crippen molar-refractivity contribution in [1.82, 2.24) is 0 Å². The third kappa shape index (κ3) is 19.7. The predicted octanol–water partition coefficient (Wildman–Crippen LogP) is 7.34. The van der Waals surface area contributed by atoms with E-state index in [1.54, 1.807) is 0 Å². The highest BCUT2D eigenvalue weighted by Crippen LogP contribution is 2.13. The highest BCUT2D eigenvalue weighted by Gasteiger charge is 1.94. The third-order valence-electron chi connectivity index (χ3n) is 4.32. The van der Waals surface area contributed by atoms with Gasteiger partial charge in [-0.25, -0.2) is 0 Å². The lowest BCUT2D eigenvalue weighted by atomic mass is 10.0. The average Bonchev–Trinajstić information content (AvgIpc) is 2.50. The Labute approximate surface area is 135 Å². The molecule has 0 aliphatic rings. The Bertz CT molecular complexity index is 198. The predicted molar refractivity (Wildman–Crippen MR) is 98.6 cm³/mol. The zero-order valence-corrected chi connectivity index (χ0v) is 15.0. The van der Waals surface area contributed by atoms with Crippen LogP contribution in [0.1, 0.15) is 117 Å². The summed E-state index contributed by atoms with van der Waals surface area (Å²) in [5.41, 5.74) is 0.